The van der Waals surface area contributed by atoms with E-state index in [-0.39, 0.29) is 12.0 Å². The average Bonchev–Trinajstić information content (AvgIpc) is 3.08. The Morgan fingerprint density at radius 3 is 2.42 bits per heavy atom. The smallest absolute Gasteiger partial charge is 0.410 e. The van der Waals surface area contributed by atoms with Crippen LogP contribution < -0.4 is 15.0 Å². The average molecular weight is 463 g/mol. The van der Waals surface area contributed by atoms with Gasteiger partial charge in [-0.05, 0) is 45.2 Å². The number of hydrogen-bond donors (Lipinski definition) is 3. The zero-order chi connectivity index (χ0) is 23.9. The molecular weight excluding hydrogens is 428 g/mol. The molecule has 1 aromatic carbocycles. The van der Waals surface area contributed by atoms with Gasteiger partial charge in [-0.2, -0.15) is 0 Å². The van der Waals surface area contributed by atoms with E-state index in [2.05, 4.69) is 10.2 Å². The summed E-state index contributed by atoms with van der Waals surface area (Å²) in [6.45, 7) is 8.30. The summed E-state index contributed by atoms with van der Waals surface area (Å²) in [7, 11) is 1.54. The highest BCUT2D eigenvalue weighted by molar-refractivity contribution is 6.02. The highest BCUT2D eigenvalue weighted by Crippen LogP contribution is 2.38. The molecule has 4 rings (SSSR count). The van der Waals surface area contributed by atoms with Crippen LogP contribution in [0.3, 0.4) is 0 Å². The van der Waals surface area contributed by atoms with Crippen molar-refractivity contribution < 1.29 is 29.3 Å². The molecule has 10 heteroatoms. The van der Waals surface area contributed by atoms with Gasteiger partial charge in [0.05, 0.1) is 18.7 Å². The Labute approximate surface area is 194 Å². The molecule has 3 aliphatic rings. The summed E-state index contributed by atoms with van der Waals surface area (Å²) < 4.78 is 11.1. The van der Waals surface area contributed by atoms with E-state index in [9.17, 15) is 19.8 Å². The fourth-order valence-corrected chi connectivity index (χ4v) is 4.71. The maximum atomic E-state index is 13.2. The number of fused-ring (bicyclic) bond motifs is 1. The first-order valence-corrected chi connectivity index (χ1v) is 11.4. The lowest BCUT2D eigenvalue weighted by Crippen LogP contribution is -2.56. The normalized spacial score (nSPS) is 25.8. The summed E-state index contributed by atoms with van der Waals surface area (Å²) in [5.74, 6) is 0.327. The van der Waals surface area contributed by atoms with Gasteiger partial charge >= 0.3 is 6.09 Å². The summed E-state index contributed by atoms with van der Waals surface area (Å²) in [6, 6.07) is 3.44. The number of amides is 2. The minimum absolute atomic E-state index is 0.176. The van der Waals surface area contributed by atoms with Gasteiger partial charge in [-0.15, -0.1) is 0 Å². The quantitative estimate of drug-likeness (QED) is 0.612. The monoisotopic (exact) mass is 462 g/mol. The third-order valence-corrected chi connectivity index (χ3v) is 6.36. The summed E-state index contributed by atoms with van der Waals surface area (Å²) >= 11 is 0. The van der Waals surface area contributed by atoms with Gasteiger partial charge in [0, 0.05) is 44.5 Å². The predicted octanol–water partition coefficient (Wildman–Crippen LogP) is 1.10. The number of nitrogens with one attached hydrogen (secondary N) is 1. The molecule has 3 atom stereocenters. The molecule has 3 heterocycles. The van der Waals surface area contributed by atoms with Crippen molar-refractivity contribution in [3.05, 3.63) is 23.3 Å². The molecule has 182 valence electrons. The van der Waals surface area contributed by atoms with Crippen molar-refractivity contribution in [3.8, 4) is 5.75 Å². The molecular formula is C23H34N4O6. The number of ether oxygens (including phenoxy) is 2. The Bertz CT molecular complexity index is 909. The Kier molecular flexibility index (Phi) is 6.43. The largest absolute Gasteiger partial charge is 0.496 e. The molecule has 1 aromatic rings. The number of aliphatic hydroxyl groups is 2. The van der Waals surface area contributed by atoms with E-state index in [1.54, 1.807) is 16.9 Å². The molecule has 0 radical (unpaired) electrons. The third-order valence-electron chi connectivity index (χ3n) is 6.36. The van der Waals surface area contributed by atoms with Gasteiger partial charge in [-0.3, -0.25) is 10.1 Å². The Balaban J connectivity index is 1.48. The van der Waals surface area contributed by atoms with Crippen LogP contribution in [0.25, 0.3) is 0 Å². The van der Waals surface area contributed by atoms with Crippen LogP contribution in [0, 0.1) is 0 Å². The lowest BCUT2D eigenvalue weighted by Gasteiger charge is -2.37. The zero-order valence-electron chi connectivity index (χ0n) is 19.7. The fourth-order valence-electron chi connectivity index (χ4n) is 4.71. The summed E-state index contributed by atoms with van der Waals surface area (Å²) in [5.41, 5.74) is 1.77. The summed E-state index contributed by atoms with van der Waals surface area (Å²) in [6.07, 6.45) is -1.09. The highest BCUT2D eigenvalue weighted by Gasteiger charge is 2.41. The van der Waals surface area contributed by atoms with Crippen LogP contribution in [0.1, 0.15) is 49.5 Å². The van der Waals surface area contributed by atoms with Gasteiger partial charge in [0.1, 0.15) is 23.8 Å². The maximum absolute atomic E-state index is 13.2. The molecule has 3 aliphatic heterocycles. The molecule has 0 bridgehead atoms. The first-order chi connectivity index (χ1) is 15.6. The standard InChI is InChI=1S/C23H34N4O6/c1-23(2,3)33-22(31)26-9-7-25(8-10-26)15-11-14-13-27(16-5-6-18(28)24-20(16)29)21(30)19(14)17(12-15)32-4/h11-12,16,18,20,24,28-29H,5-10,13H2,1-4H3. The minimum atomic E-state index is -0.988. The first-order valence-electron chi connectivity index (χ1n) is 11.4. The van der Waals surface area contributed by atoms with Crippen LogP contribution in [0.15, 0.2) is 12.1 Å². The number of carbonyl (C=O) groups excluding carboxylic acids is 2. The van der Waals surface area contributed by atoms with E-state index >= 15 is 0 Å². The number of hydrogen-bond acceptors (Lipinski definition) is 8. The van der Waals surface area contributed by atoms with Crippen LogP contribution in [-0.2, 0) is 11.3 Å². The molecule has 3 unspecified atom stereocenters. The number of piperazine rings is 1. The van der Waals surface area contributed by atoms with Crippen molar-refractivity contribution in [1.82, 2.24) is 15.1 Å². The van der Waals surface area contributed by atoms with Crippen molar-refractivity contribution in [2.75, 3.05) is 38.2 Å². The van der Waals surface area contributed by atoms with Crippen molar-refractivity contribution in [3.63, 3.8) is 0 Å². The van der Waals surface area contributed by atoms with Crippen LogP contribution in [0.2, 0.25) is 0 Å². The number of rotatable bonds is 3. The van der Waals surface area contributed by atoms with Crippen molar-refractivity contribution in [1.29, 1.82) is 0 Å². The molecule has 10 nitrogen and oxygen atoms in total. The SMILES string of the molecule is COc1cc(N2CCN(C(=O)OC(C)(C)C)CC2)cc2c1C(=O)N(C1CCC(O)NC1O)C2. The van der Waals surface area contributed by atoms with Crippen LogP contribution in [0.4, 0.5) is 10.5 Å². The van der Waals surface area contributed by atoms with E-state index in [0.717, 1.165) is 11.3 Å². The molecule has 2 fully saturated rings. The van der Waals surface area contributed by atoms with E-state index in [1.165, 1.54) is 0 Å². The van der Waals surface area contributed by atoms with Gasteiger partial charge in [-0.25, -0.2) is 4.79 Å². The topological polar surface area (TPSA) is 115 Å². The molecule has 2 saturated heterocycles. The van der Waals surface area contributed by atoms with Crippen molar-refractivity contribution in [2.24, 2.45) is 0 Å². The Morgan fingerprint density at radius 1 is 1.12 bits per heavy atom. The van der Waals surface area contributed by atoms with Gasteiger partial charge in [0.15, 0.2) is 0 Å². The number of carbonyl (C=O) groups is 2. The number of benzene rings is 1. The number of anilines is 1. The van der Waals surface area contributed by atoms with Gasteiger partial charge in [0.2, 0.25) is 0 Å². The molecule has 0 aliphatic carbocycles. The lowest BCUT2D eigenvalue weighted by atomic mass is 10.0. The minimum Gasteiger partial charge on any atom is -0.496 e. The second-order valence-corrected chi connectivity index (χ2v) is 9.84. The third kappa shape index (κ3) is 4.87. The Morgan fingerprint density at radius 2 is 1.82 bits per heavy atom. The van der Waals surface area contributed by atoms with Gasteiger partial charge in [-0.1, -0.05) is 0 Å². The van der Waals surface area contributed by atoms with E-state index in [1.807, 2.05) is 32.9 Å². The molecule has 0 saturated carbocycles. The van der Waals surface area contributed by atoms with Gasteiger partial charge in [0.25, 0.3) is 5.91 Å². The van der Waals surface area contributed by atoms with Gasteiger partial charge < -0.3 is 34.4 Å². The van der Waals surface area contributed by atoms with E-state index < -0.39 is 24.1 Å². The fraction of sp³-hybridized carbons (Fsp3) is 0.652. The second kappa shape index (κ2) is 9.00. The zero-order valence-corrected chi connectivity index (χ0v) is 19.7. The van der Waals surface area contributed by atoms with Crippen molar-refractivity contribution in [2.45, 2.75) is 64.3 Å². The molecule has 3 N–H and O–H groups in total. The molecule has 0 aromatic heterocycles. The van der Waals surface area contributed by atoms with E-state index in [0.29, 0.717) is 56.9 Å². The maximum Gasteiger partial charge on any atom is 0.410 e. The summed E-state index contributed by atoms with van der Waals surface area (Å²) in [5, 5.41) is 22.8. The Hall–Kier alpha value is -2.56. The summed E-state index contributed by atoms with van der Waals surface area (Å²) in [4.78, 5) is 31.1. The molecule has 0 spiro atoms. The molecule has 2 amide bonds. The number of methoxy groups -OCH3 is 1. The van der Waals surface area contributed by atoms with Crippen LogP contribution in [-0.4, -0.2) is 89.4 Å². The van der Waals surface area contributed by atoms with E-state index in [4.69, 9.17) is 9.47 Å². The number of piperidine rings is 1. The lowest BCUT2D eigenvalue weighted by molar-refractivity contribution is -0.0477. The first kappa shape index (κ1) is 23.6. The number of aliphatic hydroxyl groups excluding tert-OH is 2. The number of nitrogens with zero attached hydrogens (tertiary/aromatic N) is 3. The second-order valence-electron chi connectivity index (χ2n) is 9.84. The highest BCUT2D eigenvalue weighted by atomic mass is 16.6. The van der Waals surface area contributed by atoms with Crippen molar-refractivity contribution >= 4 is 17.7 Å². The predicted molar refractivity (Wildman–Crippen MR) is 121 cm³/mol. The van der Waals surface area contributed by atoms with Crippen LogP contribution in [0.5, 0.6) is 5.75 Å². The van der Waals surface area contributed by atoms with Crippen LogP contribution >= 0.6 is 0 Å². The molecule has 33 heavy (non-hydrogen) atoms.